The van der Waals surface area contributed by atoms with E-state index in [4.69, 9.17) is 5.73 Å². The predicted molar refractivity (Wildman–Crippen MR) is 106 cm³/mol. The van der Waals surface area contributed by atoms with E-state index >= 15 is 0 Å². The van der Waals surface area contributed by atoms with Crippen LogP contribution in [0.4, 0.5) is 0 Å². The Morgan fingerprint density at radius 1 is 1.00 bits per heavy atom. The Morgan fingerprint density at radius 3 is 2.46 bits per heavy atom. The van der Waals surface area contributed by atoms with Crippen molar-refractivity contribution in [2.45, 2.75) is 51.6 Å². The van der Waals surface area contributed by atoms with Crippen molar-refractivity contribution in [3.05, 3.63) is 48.0 Å². The molecule has 0 bridgehead atoms. The van der Waals surface area contributed by atoms with E-state index in [-0.39, 0.29) is 18.4 Å². The number of nitrogens with two attached hydrogens (primary N) is 1. The molecule has 2 nitrogen and oxygen atoms in total. The molecule has 3 heteroatoms. The van der Waals surface area contributed by atoms with Gasteiger partial charge in [0.1, 0.15) is 0 Å². The maximum absolute atomic E-state index is 6.64. The third-order valence-corrected chi connectivity index (χ3v) is 5.66. The molecule has 2 aromatic carbocycles. The molecule has 1 aliphatic rings. The van der Waals surface area contributed by atoms with Gasteiger partial charge in [-0.25, -0.2) is 0 Å². The number of aromatic nitrogens is 1. The van der Waals surface area contributed by atoms with Gasteiger partial charge in [-0.1, -0.05) is 43.5 Å². The summed E-state index contributed by atoms with van der Waals surface area (Å²) < 4.78 is 2.40. The Kier molecular flexibility index (Phi) is 5.17. The highest BCUT2D eigenvalue weighted by molar-refractivity contribution is 6.08. The van der Waals surface area contributed by atoms with Gasteiger partial charge in [-0.2, -0.15) is 0 Å². The topological polar surface area (TPSA) is 30.9 Å². The molecule has 1 aliphatic carbocycles. The Morgan fingerprint density at radius 2 is 1.71 bits per heavy atom. The van der Waals surface area contributed by atoms with E-state index < -0.39 is 0 Å². The van der Waals surface area contributed by atoms with Crippen LogP contribution in [0.5, 0.6) is 0 Å². The second kappa shape index (κ2) is 7.16. The fraction of sp³-hybridized carbons (Fsp3) is 0.429. The van der Waals surface area contributed by atoms with Crippen molar-refractivity contribution in [2.75, 3.05) is 0 Å². The highest BCUT2D eigenvalue weighted by atomic mass is 35.5. The minimum absolute atomic E-state index is 0. The number of rotatable bonds is 3. The van der Waals surface area contributed by atoms with Crippen LogP contribution in [-0.2, 0) is 6.54 Å². The number of halogens is 1. The van der Waals surface area contributed by atoms with E-state index in [1.165, 1.54) is 59.5 Å². The highest BCUT2D eigenvalue weighted by Gasteiger charge is 2.22. The second-order valence-corrected chi connectivity index (χ2v) is 6.96. The van der Waals surface area contributed by atoms with Crippen LogP contribution in [0.25, 0.3) is 21.8 Å². The van der Waals surface area contributed by atoms with Crippen LogP contribution in [0, 0.1) is 5.92 Å². The van der Waals surface area contributed by atoms with Gasteiger partial charge in [-0.15, -0.1) is 12.4 Å². The van der Waals surface area contributed by atoms with Crippen molar-refractivity contribution >= 4 is 34.2 Å². The fourth-order valence-corrected chi connectivity index (χ4v) is 4.38. The molecule has 0 spiro atoms. The summed E-state index contributed by atoms with van der Waals surface area (Å²) in [6, 6.07) is 15.8. The number of fused-ring (bicyclic) bond motifs is 3. The van der Waals surface area contributed by atoms with Gasteiger partial charge < -0.3 is 10.3 Å². The molecular formula is C21H27ClN2. The van der Waals surface area contributed by atoms with Crippen molar-refractivity contribution in [2.24, 2.45) is 11.7 Å². The van der Waals surface area contributed by atoms with Crippen LogP contribution in [0.15, 0.2) is 42.5 Å². The molecule has 1 heterocycles. The molecule has 3 aromatic rings. The van der Waals surface area contributed by atoms with E-state index in [1.807, 2.05) is 0 Å². The van der Waals surface area contributed by atoms with Crippen LogP contribution in [0.3, 0.4) is 0 Å². The van der Waals surface area contributed by atoms with Gasteiger partial charge in [0.25, 0.3) is 0 Å². The van der Waals surface area contributed by atoms with Crippen LogP contribution in [-0.4, -0.2) is 4.57 Å². The number of hydrogen-bond acceptors (Lipinski definition) is 1. The molecule has 0 unspecified atom stereocenters. The number of para-hydroxylation sites is 1. The van der Waals surface area contributed by atoms with E-state index in [9.17, 15) is 0 Å². The minimum Gasteiger partial charge on any atom is -0.341 e. The smallest absolute Gasteiger partial charge is 0.0491 e. The second-order valence-electron chi connectivity index (χ2n) is 6.96. The van der Waals surface area contributed by atoms with Crippen LogP contribution in [0.1, 0.15) is 50.6 Å². The van der Waals surface area contributed by atoms with Crippen molar-refractivity contribution < 1.29 is 0 Å². The Labute approximate surface area is 150 Å². The summed E-state index contributed by atoms with van der Waals surface area (Å²) in [5.74, 6) is 0.653. The summed E-state index contributed by atoms with van der Waals surface area (Å²) in [7, 11) is 0. The maximum Gasteiger partial charge on any atom is 0.0491 e. The molecule has 1 saturated carbocycles. The molecule has 128 valence electrons. The minimum atomic E-state index is 0. The molecule has 0 amide bonds. The lowest BCUT2D eigenvalue weighted by atomic mass is 9.81. The quantitative estimate of drug-likeness (QED) is 0.639. The number of aryl methyl sites for hydroxylation is 1. The first kappa shape index (κ1) is 17.3. The summed E-state index contributed by atoms with van der Waals surface area (Å²) in [5.41, 5.74) is 10.6. The van der Waals surface area contributed by atoms with Crippen LogP contribution in [0.2, 0.25) is 0 Å². The van der Waals surface area contributed by atoms with Gasteiger partial charge in [-0.3, -0.25) is 0 Å². The Hall–Kier alpha value is -1.51. The lowest BCUT2D eigenvalue weighted by Crippen LogP contribution is -2.23. The molecule has 1 fully saturated rings. The zero-order valence-corrected chi connectivity index (χ0v) is 15.2. The van der Waals surface area contributed by atoms with Gasteiger partial charge >= 0.3 is 0 Å². The largest absolute Gasteiger partial charge is 0.341 e. The number of benzene rings is 2. The normalized spacial score (nSPS) is 17.1. The SMILES string of the molecule is CCn1c2ccccc2c2cc([C@@H](N)C3CCCCC3)ccc21.Cl. The lowest BCUT2D eigenvalue weighted by molar-refractivity contribution is 0.308. The molecule has 0 aliphatic heterocycles. The average molecular weight is 343 g/mol. The van der Waals surface area contributed by atoms with Crippen molar-refractivity contribution in [3.8, 4) is 0 Å². The standard InChI is InChI=1S/C21H26N2.ClH/c1-2-23-19-11-7-6-10-17(19)18-14-16(12-13-20(18)23)21(22)15-8-4-3-5-9-15;/h6-7,10-15,21H,2-5,8-9,22H2,1H3;1H/t21-;/m0./s1. The molecule has 1 atom stereocenters. The molecular weight excluding hydrogens is 316 g/mol. The lowest BCUT2D eigenvalue weighted by Gasteiger charge is -2.27. The maximum atomic E-state index is 6.64. The summed E-state index contributed by atoms with van der Waals surface area (Å²) in [4.78, 5) is 0. The Bertz CT molecular complexity index is 830. The summed E-state index contributed by atoms with van der Waals surface area (Å²) >= 11 is 0. The van der Waals surface area contributed by atoms with Gasteiger partial charge in [-0.05, 0) is 49.4 Å². The first-order valence-corrected chi connectivity index (χ1v) is 9.06. The van der Waals surface area contributed by atoms with Crippen molar-refractivity contribution in [3.63, 3.8) is 0 Å². The monoisotopic (exact) mass is 342 g/mol. The van der Waals surface area contributed by atoms with E-state index in [2.05, 4.69) is 54.0 Å². The van der Waals surface area contributed by atoms with Gasteiger partial charge in [0.2, 0.25) is 0 Å². The van der Waals surface area contributed by atoms with Crippen molar-refractivity contribution in [1.82, 2.24) is 4.57 Å². The number of nitrogens with zero attached hydrogens (tertiary/aromatic N) is 1. The third-order valence-electron chi connectivity index (χ3n) is 5.66. The molecule has 1 aromatic heterocycles. The van der Waals surface area contributed by atoms with E-state index in [1.54, 1.807) is 0 Å². The molecule has 0 radical (unpaired) electrons. The summed E-state index contributed by atoms with van der Waals surface area (Å²) in [6.07, 6.45) is 6.64. The first-order valence-electron chi connectivity index (χ1n) is 9.06. The fourth-order valence-electron chi connectivity index (χ4n) is 4.38. The molecule has 2 N–H and O–H groups in total. The summed E-state index contributed by atoms with van der Waals surface area (Å²) in [5, 5.41) is 2.70. The predicted octanol–water partition coefficient (Wildman–Crippen LogP) is 5.82. The van der Waals surface area contributed by atoms with Crippen LogP contribution < -0.4 is 5.73 Å². The first-order chi connectivity index (χ1) is 11.3. The highest BCUT2D eigenvalue weighted by Crippen LogP contribution is 2.36. The zero-order valence-electron chi connectivity index (χ0n) is 14.4. The number of hydrogen-bond donors (Lipinski definition) is 1. The molecule has 0 saturated heterocycles. The zero-order chi connectivity index (χ0) is 15.8. The Balaban J connectivity index is 0.00000169. The van der Waals surface area contributed by atoms with E-state index in [0.717, 1.165) is 6.54 Å². The van der Waals surface area contributed by atoms with Crippen molar-refractivity contribution in [1.29, 1.82) is 0 Å². The van der Waals surface area contributed by atoms with E-state index in [0.29, 0.717) is 5.92 Å². The van der Waals surface area contributed by atoms with Gasteiger partial charge in [0, 0.05) is 34.4 Å². The average Bonchev–Trinajstić information content (AvgIpc) is 2.95. The summed E-state index contributed by atoms with van der Waals surface area (Å²) in [6.45, 7) is 3.21. The molecule has 4 rings (SSSR count). The van der Waals surface area contributed by atoms with Gasteiger partial charge in [0.15, 0.2) is 0 Å². The van der Waals surface area contributed by atoms with Crippen LogP contribution >= 0.6 is 12.4 Å². The third kappa shape index (κ3) is 2.82. The van der Waals surface area contributed by atoms with Gasteiger partial charge in [0.05, 0.1) is 0 Å². The molecule has 24 heavy (non-hydrogen) atoms.